The lowest BCUT2D eigenvalue weighted by Gasteiger charge is -2.14. The second kappa shape index (κ2) is 6.02. The summed E-state index contributed by atoms with van der Waals surface area (Å²) in [6, 6.07) is 13.4. The molecule has 0 saturated heterocycles. The minimum Gasteiger partial charge on any atom is -0.545 e. The van der Waals surface area contributed by atoms with Crippen molar-refractivity contribution in [2.75, 3.05) is 6.54 Å². The number of carboxylic acid groups (broad SMARTS) is 1. The Kier molecular flexibility index (Phi) is 4.15. The summed E-state index contributed by atoms with van der Waals surface area (Å²) in [6.45, 7) is 2.34. The first-order valence-corrected chi connectivity index (χ1v) is 6.33. The van der Waals surface area contributed by atoms with Crippen molar-refractivity contribution in [3.8, 4) is 11.1 Å². The minimum atomic E-state index is -1.26. The molecule has 2 aromatic carbocycles. The van der Waals surface area contributed by atoms with Crippen molar-refractivity contribution in [2.45, 2.75) is 6.92 Å². The van der Waals surface area contributed by atoms with Crippen molar-refractivity contribution >= 4 is 11.9 Å². The van der Waals surface area contributed by atoms with E-state index in [-0.39, 0.29) is 11.5 Å². The number of hydrogen-bond donors (Lipinski definition) is 1. The molecule has 0 bridgehead atoms. The van der Waals surface area contributed by atoms with Gasteiger partial charge in [-0.25, -0.2) is 0 Å². The minimum absolute atomic E-state index is 0.0734. The first kappa shape index (κ1) is 13.8. The maximum absolute atomic E-state index is 12.0. The van der Waals surface area contributed by atoms with Crippen molar-refractivity contribution in [3.05, 3.63) is 59.7 Å². The average Bonchev–Trinajstić information content (AvgIpc) is 2.47. The van der Waals surface area contributed by atoms with Crippen LogP contribution in [-0.2, 0) is 0 Å². The van der Waals surface area contributed by atoms with Crippen LogP contribution in [-0.4, -0.2) is 18.4 Å². The first-order valence-electron chi connectivity index (χ1n) is 6.33. The van der Waals surface area contributed by atoms with E-state index in [4.69, 9.17) is 0 Å². The number of carbonyl (C=O) groups excluding carboxylic acids is 2. The van der Waals surface area contributed by atoms with Crippen LogP contribution in [0.1, 0.15) is 27.6 Å². The fourth-order valence-electron chi connectivity index (χ4n) is 2.07. The van der Waals surface area contributed by atoms with Crippen LogP contribution in [0.2, 0.25) is 0 Å². The fourth-order valence-corrected chi connectivity index (χ4v) is 2.07. The van der Waals surface area contributed by atoms with Gasteiger partial charge in [-0.1, -0.05) is 42.5 Å². The number of hydrogen-bond acceptors (Lipinski definition) is 3. The Bertz CT molecular complexity index is 650. The van der Waals surface area contributed by atoms with Crippen molar-refractivity contribution in [2.24, 2.45) is 0 Å². The van der Waals surface area contributed by atoms with Gasteiger partial charge in [0.15, 0.2) is 0 Å². The zero-order valence-corrected chi connectivity index (χ0v) is 11.1. The number of rotatable bonds is 4. The van der Waals surface area contributed by atoms with Gasteiger partial charge in [0, 0.05) is 17.7 Å². The lowest BCUT2D eigenvalue weighted by molar-refractivity contribution is -0.254. The molecule has 0 aliphatic carbocycles. The highest BCUT2D eigenvalue weighted by atomic mass is 16.4. The van der Waals surface area contributed by atoms with E-state index in [1.807, 2.05) is 6.92 Å². The van der Waals surface area contributed by atoms with Gasteiger partial charge in [0.1, 0.15) is 0 Å². The zero-order valence-electron chi connectivity index (χ0n) is 11.1. The predicted octanol–water partition coefficient (Wildman–Crippen LogP) is 1.47. The molecule has 0 unspecified atom stereocenters. The Balaban J connectivity index is 2.59. The molecule has 2 aromatic rings. The molecule has 102 valence electrons. The molecule has 4 nitrogen and oxygen atoms in total. The van der Waals surface area contributed by atoms with Crippen LogP contribution in [0, 0.1) is 0 Å². The molecular weight excluding hydrogens is 254 g/mol. The summed E-state index contributed by atoms with van der Waals surface area (Å²) in [4.78, 5) is 23.2. The van der Waals surface area contributed by atoms with E-state index in [0.717, 1.165) is 0 Å². The smallest absolute Gasteiger partial charge is 0.251 e. The van der Waals surface area contributed by atoms with E-state index in [9.17, 15) is 14.7 Å². The molecule has 0 saturated carbocycles. The van der Waals surface area contributed by atoms with E-state index >= 15 is 0 Å². The van der Waals surface area contributed by atoms with Crippen LogP contribution in [0.4, 0.5) is 0 Å². The molecule has 1 N–H and O–H groups in total. The van der Waals surface area contributed by atoms with Gasteiger partial charge in [0.25, 0.3) is 5.91 Å². The molecule has 4 heteroatoms. The summed E-state index contributed by atoms with van der Waals surface area (Å²) in [7, 11) is 0. The molecule has 0 atom stereocenters. The van der Waals surface area contributed by atoms with E-state index in [1.165, 1.54) is 6.07 Å². The van der Waals surface area contributed by atoms with Crippen LogP contribution in [0.25, 0.3) is 11.1 Å². The molecule has 0 spiro atoms. The maximum atomic E-state index is 12.0. The van der Waals surface area contributed by atoms with Gasteiger partial charge >= 0.3 is 0 Å². The fraction of sp³-hybridized carbons (Fsp3) is 0.125. The van der Waals surface area contributed by atoms with Gasteiger partial charge in [0.05, 0.1) is 5.97 Å². The third-order valence-corrected chi connectivity index (χ3v) is 2.95. The second-order valence-corrected chi connectivity index (χ2v) is 4.24. The highest BCUT2D eigenvalue weighted by molar-refractivity contribution is 6.04. The molecule has 0 radical (unpaired) electrons. The zero-order chi connectivity index (χ0) is 14.5. The predicted molar refractivity (Wildman–Crippen MR) is 74.2 cm³/mol. The van der Waals surface area contributed by atoms with Crippen molar-refractivity contribution in [1.29, 1.82) is 0 Å². The van der Waals surface area contributed by atoms with Crippen LogP contribution in [0.5, 0.6) is 0 Å². The summed E-state index contributed by atoms with van der Waals surface area (Å²) >= 11 is 0. The van der Waals surface area contributed by atoms with Gasteiger partial charge in [0.2, 0.25) is 0 Å². The second-order valence-electron chi connectivity index (χ2n) is 4.24. The number of carboxylic acids is 1. The normalized spacial score (nSPS) is 10.1. The van der Waals surface area contributed by atoms with Gasteiger partial charge in [-0.15, -0.1) is 0 Å². The van der Waals surface area contributed by atoms with Gasteiger partial charge in [-0.05, 0) is 24.1 Å². The Morgan fingerprint density at radius 2 is 1.45 bits per heavy atom. The van der Waals surface area contributed by atoms with E-state index in [0.29, 0.717) is 23.2 Å². The van der Waals surface area contributed by atoms with E-state index in [2.05, 4.69) is 5.32 Å². The third kappa shape index (κ3) is 2.69. The molecule has 0 aliphatic rings. The highest BCUT2D eigenvalue weighted by Crippen LogP contribution is 2.26. The Labute approximate surface area is 117 Å². The highest BCUT2D eigenvalue weighted by Gasteiger charge is 2.14. The molecule has 2 rings (SSSR count). The van der Waals surface area contributed by atoms with Gasteiger partial charge < -0.3 is 15.2 Å². The van der Waals surface area contributed by atoms with Crippen LogP contribution in [0.15, 0.2) is 48.5 Å². The molecule has 0 aromatic heterocycles. The Morgan fingerprint density at radius 1 is 0.950 bits per heavy atom. The number of nitrogens with one attached hydrogen (secondary N) is 1. The van der Waals surface area contributed by atoms with Crippen LogP contribution < -0.4 is 10.4 Å². The van der Waals surface area contributed by atoms with Gasteiger partial charge in [-0.2, -0.15) is 0 Å². The van der Waals surface area contributed by atoms with Crippen LogP contribution >= 0.6 is 0 Å². The summed E-state index contributed by atoms with van der Waals surface area (Å²) in [5.74, 6) is -1.48. The quantitative estimate of drug-likeness (QED) is 0.912. The largest absolute Gasteiger partial charge is 0.545 e. The Hall–Kier alpha value is -2.62. The molecular formula is C16H14NO3-. The lowest BCUT2D eigenvalue weighted by Crippen LogP contribution is -2.25. The number of amides is 1. The SMILES string of the molecule is CCNC(=O)c1ccccc1-c1ccccc1C(=O)[O-]. The van der Waals surface area contributed by atoms with E-state index in [1.54, 1.807) is 42.5 Å². The standard InChI is InChI=1S/C16H15NO3/c1-2-17-15(18)13-9-5-3-7-11(13)12-8-4-6-10-14(12)16(19)20/h3-10H,2H2,1H3,(H,17,18)(H,19,20)/p-1. The number of benzene rings is 2. The third-order valence-electron chi connectivity index (χ3n) is 2.95. The van der Waals surface area contributed by atoms with Crippen molar-refractivity contribution in [3.63, 3.8) is 0 Å². The first-order chi connectivity index (χ1) is 9.65. The number of carbonyl (C=O) groups is 2. The lowest BCUT2D eigenvalue weighted by atomic mass is 9.95. The summed E-state index contributed by atoms with van der Waals surface area (Å²) in [5.41, 5.74) is 1.58. The summed E-state index contributed by atoms with van der Waals surface area (Å²) in [6.07, 6.45) is 0. The van der Waals surface area contributed by atoms with Crippen LogP contribution in [0.3, 0.4) is 0 Å². The summed E-state index contributed by atoms with van der Waals surface area (Å²) in [5, 5.41) is 13.9. The number of aromatic carboxylic acids is 1. The van der Waals surface area contributed by atoms with Crippen molar-refractivity contribution < 1.29 is 14.7 Å². The average molecular weight is 268 g/mol. The molecule has 0 aliphatic heterocycles. The Morgan fingerprint density at radius 3 is 2.00 bits per heavy atom. The van der Waals surface area contributed by atoms with E-state index < -0.39 is 5.97 Å². The van der Waals surface area contributed by atoms with Crippen molar-refractivity contribution in [1.82, 2.24) is 5.32 Å². The summed E-state index contributed by atoms with van der Waals surface area (Å²) < 4.78 is 0. The van der Waals surface area contributed by atoms with Gasteiger partial charge in [-0.3, -0.25) is 4.79 Å². The monoisotopic (exact) mass is 268 g/mol. The molecule has 20 heavy (non-hydrogen) atoms. The molecule has 1 amide bonds. The maximum Gasteiger partial charge on any atom is 0.251 e. The molecule has 0 fully saturated rings. The molecule has 0 heterocycles. The topological polar surface area (TPSA) is 69.2 Å².